The van der Waals surface area contributed by atoms with Gasteiger partial charge >= 0.3 is 0 Å². The number of nitrogens with one attached hydrogen (secondary N) is 5. The Morgan fingerprint density at radius 3 is 2.41 bits per heavy atom. The van der Waals surface area contributed by atoms with Crippen molar-refractivity contribution in [2.45, 2.75) is 71.5 Å². The Kier molecular flexibility index (Phi) is 10.3. The fourth-order valence-corrected chi connectivity index (χ4v) is 3.99. The lowest BCUT2D eigenvalue weighted by atomic mass is 9.91. The smallest absolute Gasteiger partial charge is 0.268 e. The summed E-state index contributed by atoms with van der Waals surface area (Å²) in [6.07, 6.45) is 4.29. The molecule has 2 heterocycles. The standard InChI is InChI=1S/C24H37N5O5/c1-14(2)11-19(23(33)27-17(13-30)12-16-7-5-10-26-21(16)31)28-24(34)20(15(3)4)29-22(32)18-8-6-9-25-18/h6,8-9,13-17,19-20,25H,5,7,10-12H2,1-4H3,(H,26,31)(H,27,33)(H,28,34)(H,29,32)/t16-,17-,19-,20-/m0/s1. The Labute approximate surface area is 200 Å². The van der Waals surface area contributed by atoms with E-state index in [2.05, 4.69) is 26.3 Å². The Bertz CT molecular complexity index is 852. The second-order valence-electron chi connectivity index (χ2n) is 9.59. The molecule has 1 fully saturated rings. The lowest BCUT2D eigenvalue weighted by Gasteiger charge is -2.28. The maximum absolute atomic E-state index is 13.1. The molecule has 0 aromatic carbocycles. The predicted octanol–water partition coefficient (Wildman–Crippen LogP) is 0.900. The van der Waals surface area contributed by atoms with Crippen LogP contribution in [-0.2, 0) is 19.2 Å². The van der Waals surface area contributed by atoms with E-state index in [1.807, 2.05) is 13.8 Å². The molecule has 34 heavy (non-hydrogen) atoms. The largest absolute Gasteiger partial charge is 0.357 e. The predicted molar refractivity (Wildman–Crippen MR) is 127 cm³/mol. The molecule has 0 aliphatic carbocycles. The third kappa shape index (κ3) is 8.00. The van der Waals surface area contributed by atoms with Gasteiger partial charge in [0.1, 0.15) is 24.1 Å². The molecular weight excluding hydrogens is 438 g/mol. The molecule has 1 aliphatic heterocycles. The van der Waals surface area contributed by atoms with E-state index in [4.69, 9.17) is 0 Å². The number of carbonyl (C=O) groups is 5. The fraction of sp³-hybridized carbons (Fsp3) is 0.625. The summed E-state index contributed by atoms with van der Waals surface area (Å²) >= 11 is 0. The minimum Gasteiger partial charge on any atom is -0.357 e. The van der Waals surface area contributed by atoms with Gasteiger partial charge < -0.3 is 31.0 Å². The maximum atomic E-state index is 13.1. The molecule has 1 aromatic rings. The van der Waals surface area contributed by atoms with E-state index < -0.39 is 35.8 Å². The van der Waals surface area contributed by atoms with Gasteiger partial charge in [-0.05, 0) is 49.7 Å². The second kappa shape index (κ2) is 12.9. The summed E-state index contributed by atoms with van der Waals surface area (Å²) in [5, 5.41) is 10.9. The zero-order chi connectivity index (χ0) is 25.3. The van der Waals surface area contributed by atoms with Gasteiger partial charge in [-0.3, -0.25) is 19.2 Å². The van der Waals surface area contributed by atoms with E-state index in [9.17, 15) is 24.0 Å². The van der Waals surface area contributed by atoms with Crippen LogP contribution in [0.3, 0.4) is 0 Å². The monoisotopic (exact) mass is 475 g/mol. The molecule has 0 spiro atoms. The van der Waals surface area contributed by atoms with Crippen molar-refractivity contribution in [3.05, 3.63) is 24.0 Å². The fourth-order valence-electron chi connectivity index (χ4n) is 3.99. The Hall–Kier alpha value is -3.17. The first-order valence-corrected chi connectivity index (χ1v) is 11.9. The van der Waals surface area contributed by atoms with Gasteiger partial charge in [-0.15, -0.1) is 0 Å². The number of aldehydes is 1. The highest BCUT2D eigenvalue weighted by atomic mass is 16.2. The van der Waals surface area contributed by atoms with Gasteiger partial charge in [0, 0.05) is 18.7 Å². The van der Waals surface area contributed by atoms with Crippen molar-refractivity contribution in [1.82, 2.24) is 26.3 Å². The molecule has 1 aliphatic rings. The Balaban J connectivity index is 2.06. The molecule has 5 N–H and O–H groups in total. The topological polar surface area (TPSA) is 149 Å². The van der Waals surface area contributed by atoms with Gasteiger partial charge in [-0.2, -0.15) is 0 Å². The zero-order valence-electron chi connectivity index (χ0n) is 20.4. The van der Waals surface area contributed by atoms with Gasteiger partial charge in [-0.1, -0.05) is 27.7 Å². The molecule has 10 nitrogen and oxygen atoms in total. The first-order valence-electron chi connectivity index (χ1n) is 11.9. The van der Waals surface area contributed by atoms with Crippen molar-refractivity contribution < 1.29 is 24.0 Å². The lowest BCUT2D eigenvalue weighted by molar-refractivity contribution is -0.132. The molecule has 4 atom stereocenters. The number of rotatable bonds is 12. The first-order chi connectivity index (χ1) is 16.1. The molecule has 1 saturated heterocycles. The van der Waals surface area contributed by atoms with Crippen LogP contribution in [0.4, 0.5) is 0 Å². The minimum absolute atomic E-state index is 0.0841. The summed E-state index contributed by atoms with van der Waals surface area (Å²) in [6, 6.07) is 0.709. The van der Waals surface area contributed by atoms with Crippen molar-refractivity contribution in [3.63, 3.8) is 0 Å². The van der Waals surface area contributed by atoms with Gasteiger partial charge in [-0.25, -0.2) is 0 Å². The van der Waals surface area contributed by atoms with Crippen molar-refractivity contribution in [2.75, 3.05) is 6.54 Å². The van der Waals surface area contributed by atoms with Crippen molar-refractivity contribution in [2.24, 2.45) is 17.8 Å². The summed E-state index contributed by atoms with van der Waals surface area (Å²) in [6.45, 7) is 8.06. The summed E-state index contributed by atoms with van der Waals surface area (Å²) < 4.78 is 0. The van der Waals surface area contributed by atoms with Crippen molar-refractivity contribution in [1.29, 1.82) is 0 Å². The van der Waals surface area contributed by atoms with Crippen LogP contribution in [0.5, 0.6) is 0 Å². The average molecular weight is 476 g/mol. The maximum Gasteiger partial charge on any atom is 0.268 e. The minimum atomic E-state index is -0.890. The molecule has 0 radical (unpaired) electrons. The van der Waals surface area contributed by atoms with Crippen molar-refractivity contribution in [3.8, 4) is 0 Å². The molecule has 2 rings (SSSR count). The molecule has 0 bridgehead atoms. The first kappa shape index (κ1) is 27.1. The molecule has 0 saturated carbocycles. The molecule has 0 unspecified atom stereocenters. The van der Waals surface area contributed by atoms with Crippen LogP contribution in [-0.4, -0.2) is 59.6 Å². The van der Waals surface area contributed by atoms with E-state index in [0.29, 0.717) is 31.4 Å². The summed E-state index contributed by atoms with van der Waals surface area (Å²) in [7, 11) is 0. The average Bonchev–Trinajstić information content (AvgIpc) is 3.32. The van der Waals surface area contributed by atoms with Gasteiger partial charge in [0.15, 0.2) is 0 Å². The number of carbonyl (C=O) groups excluding carboxylic acids is 5. The second-order valence-corrected chi connectivity index (χ2v) is 9.59. The summed E-state index contributed by atoms with van der Waals surface area (Å²) in [5.41, 5.74) is 0.329. The molecule has 1 aromatic heterocycles. The highest BCUT2D eigenvalue weighted by Crippen LogP contribution is 2.17. The van der Waals surface area contributed by atoms with Crippen LogP contribution >= 0.6 is 0 Å². The van der Waals surface area contributed by atoms with Crippen LogP contribution in [0, 0.1) is 17.8 Å². The number of aromatic nitrogens is 1. The van der Waals surface area contributed by atoms with Gasteiger partial charge in [0.2, 0.25) is 17.7 Å². The highest BCUT2D eigenvalue weighted by molar-refractivity contribution is 5.97. The van der Waals surface area contributed by atoms with Crippen LogP contribution in [0.25, 0.3) is 0 Å². The van der Waals surface area contributed by atoms with E-state index in [-0.39, 0.29) is 30.1 Å². The SMILES string of the molecule is CC(C)C[C@H](NC(=O)[C@@H](NC(=O)c1ccc[nH]1)C(C)C)C(=O)N[C@H](C=O)C[C@@H]1CCCNC1=O. The summed E-state index contributed by atoms with van der Waals surface area (Å²) in [5.74, 6) is -1.99. The highest BCUT2D eigenvalue weighted by Gasteiger charge is 2.32. The number of piperidine rings is 1. The third-order valence-corrected chi connectivity index (χ3v) is 5.85. The number of amides is 4. The number of hydrogen-bond donors (Lipinski definition) is 5. The van der Waals surface area contributed by atoms with E-state index in [1.54, 1.807) is 32.2 Å². The quantitative estimate of drug-likeness (QED) is 0.285. The van der Waals surface area contributed by atoms with E-state index >= 15 is 0 Å². The van der Waals surface area contributed by atoms with Gasteiger partial charge in [0.25, 0.3) is 5.91 Å². The van der Waals surface area contributed by atoms with Crippen LogP contribution in [0.15, 0.2) is 18.3 Å². The molecular formula is C24H37N5O5. The van der Waals surface area contributed by atoms with E-state index in [1.165, 1.54) is 0 Å². The van der Waals surface area contributed by atoms with Crippen LogP contribution in [0.2, 0.25) is 0 Å². The Morgan fingerprint density at radius 1 is 1.12 bits per heavy atom. The van der Waals surface area contributed by atoms with Crippen LogP contribution < -0.4 is 21.3 Å². The summed E-state index contributed by atoms with van der Waals surface area (Å²) in [4.78, 5) is 65.0. The van der Waals surface area contributed by atoms with Crippen LogP contribution in [0.1, 0.15) is 63.9 Å². The normalized spacial score (nSPS) is 18.5. The third-order valence-electron chi connectivity index (χ3n) is 5.85. The number of aromatic amines is 1. The molecule has 188 valence electrons. The lowest BCUT2D eigenvalue weighted by Crippen LogP contribution is -2.57. The van der Waals surface area contributed by atoms with E-state index in [0.717, 1.165) is 6.42 Å². The number of hydrogen-bond acceptors (Lipinski definition) is 5. The number of H-pyrrole nitrogens is 1. The van der Waals surface area contributed by atoms with Gasteiger partial charge in [0.05, 0.1) is 6.04 Å². The Morgan fingerprint density at radius 2 is 1.85 bits per heavy atom. The zero-order valence-corrected chi connectivity index (χ0v) is 20.4. The van der Waals surface area contributed by atoms with Crippen molar-refractivity contribution >= 4 is 29.9 Å². The molecule has 10 heteroatoms. The molecule has 4 amide bonds.